The quantitative estimate of drug-likeness (QED) is 0.785. The zero-order valence-corrected chi connectivity index (χ0v) is 13.8. The lowest BCUT2D eigenvalue weighted by molar-refractivity contribution is 0.102. The Morgan fingerprint density at radius 2 is 1.74 bits per heavy atom. The molecule has 23 heavy (non-hydrogen) atoms. The van der Waals surface area contributed by atoms with Crippen molar-refractivity contribution in [2.75, 3.05) is 5.32 Å². The van der Waals surface area contributed by atoms with Crippen LogP contribution in [-0.4, -0.2) is 15.0 Å². The summed E-state index contributed by atoms with van der Waals surface area (Å²) >= 11 is 5.92. The highest BCUT2D eigenvalue weighted by Crippen LogP contribution is 2.21. The minimum Gasteiger partial charge on any atom is -0.322 e. The second kappa shape index (κ2) is 5.59. The molecule has 5 nitrogen and oxygen atoms in total. The van der Waals surface area contributed by atoms with Crippen LogP contribution in [0.2, 0.25) is 5.02 Å². The van der Waals surface area contributed by atoms with Crippen LogP contribution in [0.1, 0.15) is 15.9 Å². The topological polar surface area (TPSA) is 56.0 Å². The van der Waals surface area contributed by atoms with Gasteiger partial charge in [-0.2, -0.15) is 0 Å². The Kier molecular flexibility index (Phi) is 3.74. The van der Waals surface area contributed by atoms with Gasteiger partial charge < -0.3 is 5.32 Å². The molecule has 1 N–H and O–H groups in total. The number of benzene rings is 2. The summed E-state index contributed by atoms with van der Waals surface area (Å²) in [6.07, 6.45) is 0. The van der Waals surface area contributed by atoms with E-state index in [1.807, 2.05) is 6.92 Å². The average Bonchev–Trinajstić information content (AvgIpc) is 2.74. The van der Waals surface area contributed by atoms with Gasteiger partial charge in [-0.15, -0.1) is 0 Å². The number of anilines is 1. The van der Waals surface area contributed by atoms with Crippen molar-refractivity contribution in [1.29, 1.82) is 0 Å². The first-order valence-electron chi connectivity index (χ1n) is 7.11. The summed E-state index contributed by atoms with van der Waals surface area (Å²) in [5.74, 6) is -0.228. The molecule has 0 saturated carbocycles. The number of rotatable bonds is 2. The zero-order valence-electron chi connectivity index (χ0n) is 13.1. The Labute approximate surface area is 138 Å². The molecule has 0 bridgehead atoms. The van der Waals surface area contributed by atoms with Gasteiger partial charge in [-0.3, -0.25) is 13.9 Å². The predicted molar refractivity (Wildman–Crippen MR) is 92.3 cm³/mol. The van der Waals surface area contributed by atoms with Gasteiger partial charge >= 0.3 is 5.69 Å². The van der Waals surface area contributed by atoms with Crippen LogP contribution < -0.4 is 11.0 Å². The predicted octanol–water partition coefficient (Wildman–Crippen LogP) is 3.09. The summed E-state index contributed by atoms with van der Waals surface area (Å²) in [7, 11) is 3.40. The second-order valence-electron chi connectivity index (χ2n) is 5.52. The highest BCUT2D eigenvalue weighted by Gasteiger charge is 2.13. The standard InChI is InChI=1S/C17H16ClN3O2/c1-10-8-12(18)5-6-13(10)19-16(22)11-4-7-14-15(9-11)21(3)17(23)20(14)2/h4-9H,1-3H3,(H,19,22). The molecule has 6 heteroatoms. The van der Waals surface area contributed by atoms with Crippen LogP contribution in [0, 0.1) is 6.92 Å². The van der Waals surface area contributed by atoms with Gasteiger partial charge in [-0.05, 0) is 48.9 Å². The fourth-order valence-corrected chi connectivity index (χ4v) is 2.84. The maximum atomic E-state index is 12.5. The van der Waals surface area contributed by atoms with Crippen LogP contribution >= 0.6 is 11.6 Å². The van der Waals surface area contributed by atoms with Crippen molar-refractivity contribution < 1.29 is 4.79 Å². The lowest BCUT2D eigenvalue weighted by atomic mass is 10.1. The summed E-state index contributed by atoms with van der Waals surface area (Å²) in [5, 5.41) is 3.49. The van der Waals surface area contributed by atoms with E-state index in [4.69, 9.17) is 11.6 Å². The molecule has 2 aromatic carbocycles. The van der Waals surface area contributed by atoms with Gasteiger partial charge in [0.1, 0.15) is 0 Å². The number of imidazole rings is 1. The van der Waals surface area contributed by atoms with Gasteiger partial charge in [-0.1, -0.05) is 11.6 Å². The number of halogens is 1. The molecule has 118 valence electrons. The van der Waals surface area contributed by atoms with E-state index in [-0.39, 0.29) is 11.6 Å². The number of hydrogen-bond donors (Lipinski definition) is 1. The smallest absolute Gasteiger partial charge is 0.322 e. The largest absolute Gasteiger partial charge is 0.328 e. The molecule has 0 atom stereocenters. The Bertz CT molecular complexity index is 985. The number of nitrogens with one attached hydrogen (secondary N) is 1. The molecule has 1 amide bonds. The molecule has 0 unspecified atom stereocenters. The third-order valence-corrected chi connectivity index (χ3v) is 4.21. The van der Waals surface area contributed by atoms with Gasteiger partial charge in [0.05, 0.1) is 11.0 Å². The molecule has 0 spiro atoms. The van der Waals surface area contributed by atoms with E-state index in [0.717, 1.165) is 16.6 Å². The van der Waals surface area contributed by atoms with Gasteiger partial charge in [-0.25, -0.2) is 4.79 Å². The van der Waals surface area contributed by atoms with Crippen LogP contribution in [0.3, 0.4) is 0 Å². The SMILES string of the molecule is Cc1cc(Cl)ccc1NC(=O)c1ccc2c(c1)n(C)c(=O)n2C. The van der Waals surface area contributed by atoms with E-state index < -0.39 is 0 Å². The number of nitrogens with zero attached hydrogens (tertiary/aromatic N) is 2. The summed E-state index contributed by atoms with van der Waals surface area (Å²) < 4.78 is 3.08. The molecular weight excluding hydrogens is 314 g/mol. The lowest BCUT2D eigenvalue weighted by Gasteiger charge is -2.09. The Morgan fingerprint density at radius 3 is 2.43 bits per heavy atom. The fraction of sp³-hybridized carbons (Fsp3) is 0.176. The number of aryl methyl sites for hydroxylation is 3. The van der Waals surface area contributed by atoms with Crippen LogP contribution in [0.15, 0.2) is 41.2 Å². The molecule has 3 aromatic rings. The molecule has 0 aliphatic heterocycles. The van der Waals surface area contributed by atoms with Crippen molar-refractivity contribution in [3.05, 3.63) is 63.0 Å². The Morgan fingerprint density at radius 1 is 1.04 bits per heavy atom. The molecule has 3 rings (SSSR count). The highest BCUT2D eigenvalue weighted by atomic mass is 35.5. The zero-order chi connectivity index (χ0) is 16.7. The number of hydrogen-bond acceptors (Lipinski definition) is 2. The van der Waals surface area contributed by atoms with Gasteiger partial charge in [0.25, 0.3) is 5.91 Å². The third-order valence-electron chi connectivity index (χ3n) is 3.97. The van der Waals surface area contributed by atoms with E-state index in [2.05, 4.69) is 5.32 Å². The monoisotopic (exact) mass is 329 g/mol. The number of amides is 1. The summed E-state index contributed by atoms with van der Waals surface area (Å²) in [6, 6.07) is 10.5. The number of carbonyl (C=O) groups is 1. The number of carbonyl (C=O) groups excluding carboxylic acids is 1. The van der Waals surface area contributed by atoms with Crippen molar-refractivity contribution in [3.8, 4) is 0 Å². The average molecular weight is 330 g/mol. The van der Waals surface area contributed by atoms with E-state index in [0.29, 0.717) is 16.3 Å². The first kappa shape index (κ1) is 15.4. The number of fused-ring (bicyclic) bond motifs is 1. The van der Waals surface area contributed by atoms with Crippen molar-refractivity contribution in [1.82, 2.24) is 9.13 Å². The van der Waals surface area contributed by atoms with Gasteiger partial charge in [0, 0.05) is 30.4 Å². The van der Waals surface area contributed by atoms with E-state index >= 15 is 0 Å². The molecular formula is C17H16ClN3O2. The molecule has 1 aromatic heterocycles. The van der Waals surface area contributed by atoms with Crippen LogP contribution in [0.5, 0.6) is 0 Å². The minimum atomic E-state index is -0.228. The lowest BCUT2D eigenvalue weighted by Crippen LogP contribution is -2.19. The van der Waals surface area contributed by atoms with Crippen molar-refractivity contribution in [2.45, 2.75) is 6.92 Å². The molecule has 0 radical (unpaired) electrons. The van der Waals surface area contributed by atoms with E-state index in [1.54, 1.807) is 55.1 Å². The molecule has 1 heterocycles. The highest BCUT2D eigenvalue weighted by molar-refractivity contribution is 6.30. The van der Waals surface area contributed by atoms with Crippen molar-refractivity contribution in [2.24, 2.45) is 14.1 Å². The van der Waals surface area contributed by atoms with Crippen molar-refractivity contribution >= 4 is 34.2 Å². The molecule has 0 aliphatic rings. The molecule has 0 fully saturated rings. The maximum absolute atomic E-state index is 12.5. The van der Waals surface area contributed by atoms with Crippen LogP contribution in [0.25, 0.3) is 11.0 Å². The fourth-order valence-electron chi connectivity index (χ4n) is 2.61. The Balaban J connectivity index is 1.98. The number of aromatic nitrogens is 2. The third kappa shape index (κ3) is 2.64. The minimum absolute atomic E-state index is 0.119. The van der Waals surface area contributed by atoms with E-state index in [1.165, 1.54) is 4.57 Å². The normalized spacial score (nSPS) is 11.0. The first-order valence-corrected chi connectivity index (χ1v) is 7.49. The van der Waals surface area contributed by atoms with Gasteiger partial charge in [0.15, 0.2) is 0 Å². The first-order chi connectivity index (χ1) is 10.9. The summed E-state index contributed by atoms with van der Waals surface area (Å²) in [5.41, 5.74) is 3.48. The molecule has 0 aliphatic carbocycles. The second-order valence-corrected chi connectivity index (χ2v) is 5.95. The Hall–Kier alpha value is -2.53. The van der Waals surface area contributed by atoms with Crippen molar-refractivity contribution in [3.63, 3.8) is 0 Å². The van der Waals surface area contributed by atoms with Gasteiger partial charge in [0.2, 0.25) is 0 Å². The summed E-state index contributed by atoms with van der Waals surface area (Å²) in [6.45, 7) is 1.88. The molecule has 0 saturated heterocycles. The van der Waals surface area contributed by atoms with E-state index in [9.17, 15) is 9.59 Å². The summed E-state index contributed by atoms with van der Waals surface area (Å²) in [4.78, 5) is 24.4. The van der Waals surface area contributed by atoms with Crippen LogP contribution in [0.4, 0.5) is 5.69 Å². The maximum Gasteiger partial charge on any atom is 0.328 e. The van der Waals surface area contributed by atoms with Crippen LogP contribution in [-0.2, 0) is 14.1 Å².